The quantitative estimate of drug-likeness (QED) is 0.609. The predicted molar refractivity (Wildman–Crippen MR) is 103 cm³/mol. The molecule has 3 N–H and O–H groups in total. The zero-order valence-corrected chi connectivity index (χ0v) is 15.6. The van der Waals surface area contributed by atoms with Crippen molar-refractivity contribution < 1.29 is 9.59 Å². The number of amides is 1. The SMILES string of the molecule is NCCCC1CC1(NC(=O)c1cncs1)C(=O)c1nc2ccccc2s1. The van der Waals surface area contributed by atoms with Crippen molar-refractivity contribution in [1.82, 2.24) is 15.3 Å². The van der Waals surface area contributed by atoms with E-state index in [0.29, 0.717) is 22.9 Å². The number of carbonyl (C=O) groups excluding carboxylic acids is 2. The standard InChI is InChI=1S/C18H18N4O2S2/c19-7-3-4-11-8-18(11,22-16(24)14-9-20-10-25-14)15(23)17-21-12-5-1-2-6-13(12)26-17/h1-2,5-6,9-11H,3-4,7-8,19H2,(H,22,24). The van der Waals surface area contributed by atoms with Crippen molar-refractivity contribution in [2.75, 3.05) is 6.54 Å². The number of Topliss-reactive ketones (excluding diaryl/α,β-unsaturated/α-hetero) is 1. The Kier molecular flexibility index (Phi) is 4.56. The van der Waals surface area contributed by atoms with Crippen molar-refractivity contribution >= 4 is 44.6 Å². The molecule has 1 amide bonds. The van der Waals surface area contributed by atoms with Crippen molar-refractivity contribution in [2.45, 2.75) is 24.8 Å². The van der Waals surface area contributed by atoms with Crippen LogP contribution in [0, 0.1) is 5.92 Å². The molecule has 3 aromatic rings. The lowest BCUT2D eigenvalue weighted by molar-refractivity contribution is 0.0833. The molecule has 0 aliphatic heterocycles. The Morgan fingerprint density at radius 2 is 2.19 bits per heavy atom. The Morgan fingerprint density at radius 3 is 2.92 bits per heavy atom. The van der Waals surface area contributed by atoms with Crippen molar-refractivity contribution in [3.05, 3.63) is 45.9 Å². The Labute approximate surface area is 158 Å². The van der Waals surface area contributed by atoms with E-state index in [1.807, 2.05) is 24.3 Å². The smallest absolute Gasteiger partial charge is 0.263 e. The van der Waals surface area contributed by atoms with Crippen LogP contribution in [0.3, 0.4) is 0 Å². The average Bonchev–Trinajstić information content (AvgIpc) is 3.05. The van der Waals surface area contributed by atoms with E-state index in [-0.39, 0.29) is 17.6 Å². The fourth-order valence-electron chi connectivity index (χ4n) is 3.28. The summed E-state index contributed by atoms with van der Waals surface area (Å²) in [5.41, 5.74) is 7.17. The molecule has 2 heterocycles. The highest BCUT2D eigenvalue weighted by molar-refractivity contribution is 7.20. The van der Waals surface area contributed by atoms with E-state index in [9.17, 15) is 9.59 Å². The number of rotatable bonds is 7. The van der Waals surface area contributed by atoms with Crippen LogP contribution in [-0.4, -0.2) is 33.7 Å². The van der Waals surface area contributed by atoms with E-state index in [4.69, 9.17) is 5.73 Å². The molecule has 1 aliphatic carbocycles. The average molecular weight is 387 g/mol. The van der Waals surface area contributed by atoms with Gasteiger partial charge in [-0.15, -0.1) is 22.7 Å². The highest BCUT2D eigenvalue weighted by atomic mass is 32.1. The predicted octanol–water partition coefficient (Wildman–Crippen LogP) is 2.86. The Bertz CT molecular complexity index is 920. The van der Waals surface area contributed by atoms with Crippen LogP contribution in [0.15, 0.2) is 36.0 Å². The normalized spacial score (nSPS) is 21.7. The van der Waals surface area contributed by atoms with Crippen LogP contribution in [0.1, 0.15) is 38.7 Å². The minimum atomic E-state index is -0.871. The van der Waals surface area contributed by atoms with Crippen LogP contribution in [0.25, 0.3) is 10.2 Å². The molecule has 1 aromatic carbocycles. The zero-order chi connectivity index (χ0) is 18.1. The largest absolute Gasteiger partial charge is 0.338 e. The Balaban J connectivity index is 1.62. The number of ketones is 1. The molecule has 1 aliphatic rings. The van der Waals surface area contributed by atoms with Crippen LogP contribution in [0.5, 0.6) is 0 Å². The minimum absolute atomic E-state index is 0.0985. The molecule has 0 radical (unpaired) electrons. The molecule has 6 nitrogen and oxygen atoms in total. The zero-order valence-electron chi connectivity index (χ0n) is 14.0. The van der Waals surface area contributed by atoms with Gasteiger partial charge in [-0.1, -0.05) is 12.1 Å². The van der Waals surface area contributed by atoms with Gasteiger partial charge in [0.1, 0.15) is 10.4 Å². The molecule has 134 valence electrons. The molecule has 26 heavy (non-hydrogen) atoms. The maximum atomic E-state index is 13.3. The summed E-state index contributed by atoms with van der Waals surface area (Å²) in [6, 6.07) is 7.67. The summed E-state index contributed by atoms with van der Waals surface area (Å²) >= 11 is 2.64. The second-order valence-corrected chi connectivity index (χ2v) is 8.36. The maximum Gasteiger partial charge on any atom is 0.263 e. The first-order valence-corrected chi connectivity index (χ1v) is 10.1. The van der Waals surface area contributed by atoms with E-state index in [1.54, 1.807) is 5.51 Å². The van der Waals surface area contributed by atoms with E-state index < -0.39 is 5.54 Å². The van der Waals surface area contributed by atoms with Gasteiger partial charge in [0.15, 0.2) is 5.01 Å². The number of nitrogens with zero attached hydrogens (tertiary/aromatic N) is 2. The third kappa shape index (κ3) is 3.04. The first-order valence-electron chi connectivity index (χ1n) is 8.45. The number of fused-ring (bicyclic) bond motifs is 1. The molecular formula is C18H18N4O2S2. The van der Waals surface area contributed by atoms with E-state index in [2.05, 4.69) is 15.3 Å². The van der Waals surface area contributed by atoms with Gasteiger partial charge in [-0.05, 0) is 43.9 Å². The molecule has 4 rings (SSSR count). The van der Waals surface area contributed by atoms with E-state index in [1.165, 1.54) is 28.9 Å². The molecule has 2 aromatic heterocycles. The lowest BCUT2D eigenvalue weighted by Gasteiger charge is -2.17. The summed E-state index contributed by atoms with van der Waals surface area (Å²) in [6.07, 6.45) is 3.80. The van der Waals surface area contributed by atoms with Gasteiger partial charge < -0.3 is 11.1 Å². The Morgan fingerprint density at radius 1 is 1.35 bits per heavy atom. The van der Waals surface area contributed by atoms with Gasteiger partial charge in [0.05, 0.1) is 21.9 Å². The molecule has 1 fully saturated rings. The molecule has 2 atom stereocenters. The van der Waals surface area contributed by atoms with Crippen molar-refractivity contribution in [3.63, 3.8) is 0 Å². The molecule has 0 bridgehead atoms. The monoisotopic (exact) mass is 386 g/mol. The second-order valence-electron chi connectivity index (χ2n) is 6.44. The van der Waals surface area contributed by atoms with Crippen LogP contribution in [-0.2, 0) is 0 Å². The summed E-state index contributed by atoms with van der Waals surface area (Å²) in [6.45, 7) is 0.574. The van der Waals surface area contributed by atoms with Crippen LogP contribution >= 0.6 is 22.7 Å². The molecular weight excluding hydrogens is 368 g/mol. The van der Waals surface area contributed by atoms with Crippen LogP contribution in [0.4, 0.5) is 0 Å². The minimum Gasteiger partial charge on any atom is -0.338 e. The first-order chi connectivity index (χ1) is 12.6. The fourth-order valence-corrected chi connectivity index (χ4v) is 4.79. The number of thiazole rings is 2. The van der Waals surface area contributed by atoms with Crippen molar-refractivity contribution in [1.29, 1.82) is 0 Å². The summed E-state index contributed by atoms with van der Waals surface area (Å²) in [5, 5.41) is 3.43. The number of nitrogens with two attached hydrogens (primary N) is 1. The lowest BCUT2D eigenvalue weighted by Crippen LogP contribution is -2.45. The summed E-state index contributed by atoms with van der Waals surface area (Å²) in [5.74, 6) is -0.252. The fraction of sp³-hybridized carbons (Fsp3) is 0.333. The van der Waals surface area contributed by atoms with Gasteiger partial charge in [0.25, 0.3) is 5.91 Å². The van der Waals surface area contributed by atoms with Gasteiger partial charge in [-0.2, -0.15) is 0 Å². The highest BCUT2D eigenvalue weighted by Crippen LogP contribution is 2.49. The summed E-state index contributed by atoms with van der Waals surface area (Å²) < 4.78 is 0.971. The van der Waals surface area contributed by atoms with Gasteiger partial charge in [-0.3, -0.25) is 14.6 Å². The maximum absolute atomic E-state index is 13.3. The van der Waals surface area contributed by atoms with Gasteiger partial charge in [0.2, 0.25) is 5.78 Å². The van der Waals surface area contributed by atoms with Crippen LogP contribution < -0.4 is 11.1 Å². The summed E-state index contributed by atoms with van der Waals surface area (Å²) in [4.78, 5) is 34.8. The Hall–Kier alpha value is -2.16. The van der Waals surface area contributed by atoms with Crippen LogP contribution in [0.2, 0.25) is 0 Å². The topological polar surface area (TPSA) is 98.0 Å². The first kappa shape index (κ1) is 17.3. The van der Waals surface area contributed by atoms with Gasteiger partial charge in [-0.25, -0.2) is 4.98 Å². The van der Waals surface area contributed by atoms with Gasteiger partial charge in [0, 0.05) is 0 Å². The number of hydrogen-bond donors (Lipinski definition) is 2. The van der Waals surface area contributed by atoms with Crippen molar-refractivity contribution in [3.8, 4) is 0 Å². The number of hydrogen-bond acceptors (Lipinski definition) is 7. The number of nitrogens with one attached hydrogen (secondary N) is 1. The van der Waals surface area contributed by atoms with E-state index >= 15 is 0 Å². The second kappa shape index (κ2) is 6.86. The number of para-hydroxylation sites is 1. The van der Waals surface area contributed by atoms with Crippen molar-refractivity contribution in [2.24, 2.45) is 11.7 Å². The molecule has 1 saturated carbocycles. The molecule has 2 unspecified atom stereocenters. The number of aromatic nitrogens is 2. The third-order valence-corrected chi connectivity index (χ3v) is 6.55. The molecule has 8 heteroatoms. The molecule has 0 saturated heterocycles. The molecule has 0 spiro atoms. The number of carbonyl (C=O) groups is 2. The highest BCUT2D eigenvalue weighted by Gasteiger charge is 2.61. The summed E-state index contributed by atoms with van der Waals surface area (Å²) in [7, 11) is 0. The number of benzene rings is 1. The third-order valence-electron chi connectivity index (χ3n) is 4.75. The van der Waals surface area contributed by atoms with Gasteiger partial charge >= 0.3 is 0 Å². The van der Waals surface area contributed by atoms with E-state index in [0.717, 1.165) is 23.1 Å². The lowest BCUT2D eigenvalue weighted by atomic mass is 10.0.